The summed E-state index contributed by atoms with van der Waals surface area (Å²) in [6, 6.07) is -0.658. The topological polar surface area (TPSA) is 177 Å². The largest absolute Gasteiger partial charge is 0.508 e. The van der Waals surface area contributed by atoms with Crippen LogP contribution >= 0.6 is 0 Å². The Morgan fingerprint density at radius 2 is 1.80 bits per heavy atom. The number of amides is 1. The number of aliphatic hydroxyl groups is 3. The number of phenols is 1. The van der Waals surface area contributed by atoms with Gasteiger partial charge in [0.25, 0.3) is 5.91 Å². The predicted molar refractivity (Wildman–Crippen MR) is 141 cm³/mol. The molecule has 1 aromatic rings. The lowest BCUT2D eigenvalue weighted by Crippen LogP contribution is -2.65. The van der Waals surface area contributed by atoms with E-state index >= 15 is 0 Å². The number of Topliss-reactive ketones (excluding diaryl/α,β-unsaturated/α-hetero) is 2. The van der Waals surface area contributed by atoms with E-state index < -0.39 is 83.2 Å². The van der Waals surface area contributed by atoms with E-state index in [4.69, 9.17) is 5.73 Å². The molecule has 11 nitrogen and oxygen atoms in total. The first-order valence-corrected chi connectivity index (χ1v) is 12.8. The van der Waals surface area contributed by atoms with Gasteiger partial charge in [-0.2, -0.15) is 0 Å². The molecule has 218 valence electrons. The number of nitrogens with two attached hydrogens (primary N) is 1. The number of fused-ring (bicyclic) bond motifs is 3. The van der Waals surface area contributed by atoms with Crippen molar-refractivity contribution in [1.29, 1.82) is 0 Å². The average Bonchev–Trinajstić information content (AvgIpc) is 2.87. The first-order chi connectivity index (χ1) is 18.7. The number of aromatic hydroxyl groups is 1. The van der Waals surface area contributed by atoms with E-state index in [0.29, 0.717) is 11.3 Å². The Hall–Kier alpha value is -3.55. The number of carbonyl (C=O) groups excluding carboxylic acids is 3. The van der Waals surface area contributed by atoms with Crippen LogP contribution in [-0.2, 0) is 27.3 Å². The van der Waals surface area contributed by atoms with Crippen LogP contribution < -0.4 is 16.0 Å². The number of primary amides is 1. The van der Waals surface area contributed by atoms with Gasteiger partial charge in [-0.25, -0.2) is 8.78 Å². The highest BCUT2D eigenvalue weighted by molar-refractivity contribution is 6.24. The number of benzene rings is 1. The van der Waals surface area contributed by atoms with Crippen molar-refractivity contribution in [2.75, 3.05) is 46.4 Å². The number of alkyl halides is 2. The van der Waals surface area contributed by atoms with Gasteiger partial charge in [0, 0.05) is 43.4 Å². The number of rotatable bonds is 8. The molecule has 1 amide bonds. The summed E-state index contributed by atoms with van der Waals surface area (Å²) in [4.78, 5) is 42.4. The molecule has 3 aliphatic carbocycles. The standard InChI is InChI=1S/C27H34F2N4O7/c1-32(2)16-7-12(10-31-13(8-28)9-29)21(34)18-14(16)5-11-6-15-20(33(3)4)23(36)19(26(30)39)25(38)27(15,40)24(37)17(11)22(18)35/h7,11,13,15,20,31,34-35,38,40H,5-6,8-10H2,1-4H3,(H2,30,39)/t11-,15-,20?,27-/m1/s1. The zero-order chi connectivity index (χ0) is 29.8. The summed E-state index contributed by atoms with van der Waals surface area (Å²) >= 11 is 0. The smallest absolute Gasteiger partial charge is 0.255 e. The summed E-state index contributed by atoms with van der Waals surface area (Å²) < 4.78 is 26.1. The number of nitrogens with one attached hydrogen (secondary N) is 1. The van der Waals surface area contributed by atoms with Gasteiger partial charge in [0.2, 0.25) is 5.78 Å². The lowest BCUT2D eigenvalue weighted by Gasteiger charge is -2.50. The minimum atomic E-state index is -2.74. The minimum absolute atomic E-state index is 0.0304. The minimum Gasteiger partial charge on any atom is -0.508 e. The van der Waals surface area contributed by atoms with Crippen molar-refractivity contribution in [2.24, 2.45) is 17.6 Å². The van der Waals surface area contributed by atoms with Gasteiger partial charge in [0.1, 0.15) is 36.2 Å². The van der Waals surface area contributed by atoms with Gasteiger partial charge in [0.05, 0.1) is 17.6 Å². The molecule has 13 heteroatoms. The average molecular weight is 565 g/mol. The number of nitrogens with zero attached hydrogens (tertiary/aromatic N) is 2. The molecule has 0 radical (unpaired) electrons. The molecule has 4 rings (SSSR count). The van der Waals surface area contributed by atoms with E-state index in [0.717, 1.165) is 0 Å². The van der Waals surface area contributed by atoms with Crippen molar-refractivity contribution >= 4 is 28.9 Å². The van der Waals surface area contributed by atoms with Gasteiger partial charge in [0.15, 0.2) is 11.4 Å². The van der Waals surface area contributed by atoms with Crippen molar-refractivity contribution in [3.8, 4) is 5.75 Å². The second-order valence-electron chi connectivity index (χ2n) is 11.0. The van der Waals surface area contributed by atoms with E-state index in [2.05, 4.69) is 5.32 Å². The second kappa shape index (κ2) is 10.5. The number of hydrogen-bond acceptors (Lipinski definition) is 10. The third kappa shape index (κ3) is 4.23. The van der Waals surface area contributed by atoms with E-state index in [1.807, 2.05) is 0 Å². The summed E-state index contributed by atoms with van der Waals surface area (Å²) in [6.45, 7) is -2.11. The van der Waals surface area contributed by atoms with Gasteiger partial charge >= 0.3 is 0 Å². The van der Waals surface area contributed by atoms with Crippen molar-refractivity contribution in [1.82, 2.24) is 10.2 Å². The van der Waals surface area contributed by atoms with Gasteiger partial charge < -0.3 is 36.4 Å². The fraction of sp³-hybridized carbons (Fsp3) is 0.519. The van der Waals surface area contributed by atoms with Crippen LogP contribution in [0.5, 0.6) is 5.75 Å². The monoisotopic (exact) mass is 564 g/mol. The summed E-state index contributed by atoms with van der Waals surface area (Å²) in [5.74, 6) is -7.36. The Balaban J connectivity index is 1.93. The van der Waals surface area contributed by atoms with Gasteiger partial charge in [-0.1, -0.05) is 0 Å². The Bertz CT molecular complexity index is 1340. The highest BCUT2D eigenvalue weighted by Gasteiger charge is 2.64. The number of phenolic OH excluding ortho intramolecular Hbond substituents is 1. The summed E-state index contributed by atoms with van der Waals surface area (Å²) in [5.41, 5.74) is 2.62. The number of likely N-dealkylation sites (N-methyl/N-ethyl adjacent to an activating group) is 1. The maximum Gasteiger partial charge on any atom is 0.255 e. The Labute approximate surface area is 229 Å². The quantitative estimate of drug-likeness (QED) is 0.243. The molecule has 1 fully saturated rings. The molecule has 0 spiro atoms. The Morgan fingerprint density at radius 3 is 2.33 bits per heavy atom. The molecular formula is C27H34F2N4O7. The van der Waals surface area contributed by atoms with Crippen LogP contribution in [0.1, 0.15) is 23.1 Å². The third-order valence-corrected chi connectivity index (χ3v) is 8.21. The molecule has 4 atom stereocenters. The van der Waals surface area contributed by atoms with Crippen molar-refractivity contribution in [2.45, 2.75) is 37.1 Å². The van der Waals surface area contributed by atoms with E-state index in [9.17, 15) is 43.6 Å². The van der Waals surface area contributed by atoms with Crippen LogP contribution in [-0.4, -0.2) is 102 Å². The van der Waals surface area contributed by atoms with Crippen LogP contribution in [0.15, 0.2) is 23.0 Å². The first-order valence-electron chi connectivity index (χ1n) is 12.8. The maximum atomic E-state index is 14.0. The molecule has 1 saturated carbocycles. The number of ketones is 2. The lowest BCUT2D eigenvalue weighted by atomic mass is 9.57. The lowest BCUT2D eigenvalue weighted by molar-refractivity contribution is -0.153. The normalized spacial score (nSPS) is 26.3. The van der Waals surface area contributed by atoms with Gasteiger partial charge in [-0.15, -0.1) is 0 Å². The Morgan fingerprint density at radius 1 is 1.18 bits per heavy atom. The van der Waals surface area contributed by atoms with E-state index in [-0.39, 0.29) is 36.1 Å². The van der Waals surface area contributed by atoms with Crippen LogP contribution in [0.4, 0.5) is 14.5 Å². The molecule has 1 unspecified atom stereocenters. The highest BCUT2D eigenvalue weighted by Crippen LogP contribution is 2.54. The number of halogens is 2. The van der Waals surface area contributed by atoms with Gasteiger partial charge in [-0.3, -0.25) is 19.3 Å². The Kier molecular flexibility index (Phi) is 7.69. The van der Waals surface area contributed by atoms with Crippen LogP contribution in [0.3, 0.4) is 0 Å². The molecule has 7 N–H and O–H groups in total. The molecular weight excluding hydrogens is 530 g/mol. The summed E-state index contributed by atoms with van der Waals surface area (Å²) in [5, 5.41) is 47.9. The predicted octanol–water partition coefficient (Wildman–Crippen LogP) is 0.427. The molecule has 0 saturated heterocycles. The number of anilines is 1. The number of hydrogen-bond donors (Lipinski definition) is 6. The molecule has 1 aromatic carbocycles. The first kappa shape index (κ1) is 29.4. The van der Waals surface area contributed by atoms with Crippen molar-refractivity contribution in [3.05, 3.63) is 39.7 Å². The van der Waals surface area contributed by atoms with Crippen LogP contribution in [0, 0.1) is 11.8 Å². The number of carbonyl (C=O) groups is 3. The molecule has 0 bridgehead atoms. The molecule has 0 aromatic heterocycles. The molecule has 40 heavy (non-hydrogen) atoms. The fourth-order valence-electron chi connectivity index (χ4n) is 6.28. The van der Waals surface area contributed by atoms with Crippen molar-refractivity contribution in [3.63, 3.8) is 0 Å². The van der Waals surface area contributed by atoms with E-state index in [1.165, 1.54) is 19.0 Å². The molecule has 0 aliphatic heterocycles. The van der Waals surface area contributed by atoms with Gasteiger partial charge in [-0.05, 0) is 44.5 Å². The SMILES string of the molecule is CN(C)c1cc(CNC(CF)CF)c(O)c2c1C[C@@H]1C[C@@H]3C(N(C)C)C(=O)C(C(N)=O)=C(O)[C@]3(O)C(=O)C1=C2O. The van der Waals surface area contributed by atoms with E-state index in [1.54, 1.807) is 25.1 Å². The zero-order valence-electron chi connectivity index (χ0n) is 22.7. The van der Waals surface area contributed by atoms with Crippen LogP contribution in [0.25, 0.3) is 5.76 Å². The zero-order valence-corrected chi connectivity index (χ0v) is 22.7. The molecule has 3 aliphatic rings. The maximum absolute atomic E-state index is 14.0. The van der Waals surface area contributed by atoms with Crippen molar-refractivity contribution < 1.29 is 43.6 Å². The molecule has 0 heterocycles. The highest BCUT2D eigenvalue weighted by atomic mass is 19.1. The third-order valence-electron chi connectivity index (χ3n) is 8.21. The second-order valence-corrected chi connectivity index (χ2v) is 11.0. The van der Waals surface area contributed by atoms with Crippen LogP contribution in [0.2, 0.25) is 0 Å². The number of aliphatic hydroxyl groups excluding tert-OH is 2. The summed E-state index contributed by atoms with van der Waals surface area (Å²) in [7, 11) is 6.52. The fourth-order valence-corrected chi connectivity index (χ4v) is 6.28. The summed E-state index contributed by atoms with van der Waals surface area (Å²) in [6.07, 6.45) is 0.0955.